The van der Waals surface area contributed by atoms with E-state index < -0.39 is 12.2 Å². The summed E-state index contributed by atoms with van der Waals surface area (Å²) in [5.74, 6) is 1.79. The Morgan fingerprint density at radius 1 is 1.25 bits per heavy atom. The Hall–Kier alpha value is -2.27. The number of nitrogen functional groups attached to an aromatic ring is 1. The molecule has 1 aromatic carbocycles. The molecule has 5 nitrogen and oxygen atoms in total. The van der Waals surface area contributed by atoms with Gasteiger partial charge in [0.15, 0.2) is 17.6 Å². The molecule has 0 spiro atoms. The summed E-state index contributed by atoms with van der Waals surface area (Å²) in [4.78, 5) is 4.01. The molecule has 1 aliphatic rings. The van der Waals surface area contributed by atoms with Gasteiger partial charge in [-0.2, -0.15) is 0 Å². The first kappa shape index (κ1) is 12.7. The summed E-state index contributed by atoms with van der Waals surface area (Å²) in [6, 6.07) is 11.1. The number of rotatable bonds is 3. The lowest BCUT2D eigenvalue weighted by Crippen LogP contribution is -2.40. The first-order chi connectivity index (χ1) is 9.74. The van der Waals surface area contributed by atoms with Gasteiger partial charge in [0.05, 0.1) is 6.10 Å². The SMILES string of the molecule is Nc1ncccc1CC(O)C1COc2ccccc2O1. The maximum Gasteiger partial charge on any atom is 0.161 e. The molecular weight excluding hydrogens is 256 g/mol. The number of nitrogens with two attached hydrogens (primary N) is 1. The van der Waals surface area contributed by atoms with E-state index in [2.05, 4.69) is 4.98 Å². The Balaban J connectivity index is 1.70. The second-order valence-corrected chi connectivity index (χ2v) is 4.73. The van der Waals surface area contributed by atoms with Crippen LogP contribution in [0.1, 0.15) is 5.56 Å². The molecule has 0 amide bonds. The number of aliphatic hydroxyl groups is 1. The summed E-state index contributed by atoms with van der Waals surface area (Å²) >= 11 is 0. The van der Waals surface area contributed by atoms with Gasteiger partial charge in [0, 0.05) is 12.6 Å². The molecule has 5 heteroatoms. The highest BCUT2D eigenvalue weighted by Gasteiger charge is 2.28. The maximum absolute atomic E-state index is 10.3. The number of hydrogen-bond acceptors (Lipinski definition) is 5. The molecule has 1 aromatic heterocycles. The zero-order chi connectivity index (χ0) is 13.9. The van der Waals surface area contributed by atoms with Gasteiger partial charge in [-0.25, -0.2) is 4.98 Å². The molecule has 0 aliphatic carbocycles. The third kappa shape index (κ3) is 2.53. The van der Waals surface area contributed by atoms with E-state index >= 15 is 0 Å². The first-order valence-electron chi connectivity index (χ1n) is 6.50. The maximum atomic E-state index is 10.3. The molecule has 2 atom stereocenters. The van der Waals surface area contributed by atoms with Gasteiger partial charge in [-0.15, -0.1) is 0 Å². The number of para-hydroxylation sites is 2. The normalized spacial score (nSPS) is 18.6. The minimum atomic E-state index is -0.699. The summed E-state index contributed by atoms with van der Waals surface area (Å²) in [6.07, 6.45) is 0.900. The second kappa shape index (κ2) is 5.38. The average Bonchev–Trinajstić information content (AvgIpc) is 2.49. The van der Waals surface area contributed by atoms with Crippen molar-refractivity contribution in [3.63, 3.8) is 0 Å². The van der Waals surface area contributed by atoms with E-state index in [1.165, 1.54) is 0 Å². The largest absolute Gasteiger partial charge is 0.486 e. The molecule has 20 heavy (non-hydrogen) atoms. The fourth-order valence-electron chi connectivity index (χ4n) is 2.21. The van der Waals surface area contributed by atoms with Crippen LogP contribution in [0.4, 0.5) is 5.82 Å². The van der Waals surface area contributed by atoms with Crippen LogP contribution in [0.2, 0.25) is 0 Å². The van der Waals surface area contributed by atoms with Crippen LogP contribution >= 0.6 is 0 Å². The lowest BCUT2D eigenvalue weighted by molar-refractivity contribution is -0.00937. The van der Waals surface area contributed by atoms with Crippen molar-refractivity contribution in [2.24, 2.45) is 0 Å². The Bertz CT molecular complexity index is 603. The van der Waals surface area contributed by atoms with Crippen molar-refractivity contribution in [3.8, 4) is 11.5 Å². The van der Waals surface area contributed by atoms with Crippen molar-refractivity contribution in [1.29, 1.82) is 0 Å². The summed E-state index contributed by atoms with van der Waals surface area (Å²) in [5, 5.41) is 10.3. The molecule has 0 saturated carbocycles. The Labute approximate surface area is 117 Å². The lowest BCUT2D eigenvalue weighted by atomic mass is 10.0. The monoisotopic (exact) mass is 272 g/mol. The van der Waals surface area contributed by atoms with Crippen molar-refractivity contribution < 1.29 is 14.6 Å². The fourth-order valence-corrected chi connectivity index (χ4v) is 2.21. The van der Waals surface area contributed by atoms with E-state index in [1.807, 2.05) is 30.3 Å². The fraction of sp³-hybridized carbons (Fsp3) is 0.267. The van der Waals surface area contributed by atoms with Crippen LogP contribution in [0.15, 0.2) is 42.6 Å². The zero-order valence-corrected chi connectivity index (χ0v) is 10.9. The standard InChI is InChI=1S/C15H16N2O3/c16-15-10(4-3-7-17-15)8-11(18)14-9-19-12-5-1-2-6-13(12)20-14/h1-7,11,14,18H,8-9H2,(H2,16,17). The van der Waals surface area contributed by atoms with E-state index in [0.29, 0.717) is 30.3 Å². The van der Waals surface area contributed by atoms with E-state index in [0.717, 1.165) is 5.56 Å². The van der Waals surface area contributed by atoms with Crippen molar-refractivity contribution in [3.05, 3.63) is 48.2 Å². The molecule has 3 rings (SSSR count). The predicted molar refractivity (Wildman–Crippen MR) is 74.7 cm³/mol. The van der Waals surface area contributed by atoms with Crippen LogP contribution in [0.5, 0.6) is 11.5 Å². The predicted octanol–water partition coefficient (Wildman–Crippen LogP) is 1.41. The number of ether oxygens (including phenoxy) is 2. The van der Waals surface area contributed by atoms with Crippen LogP contribution in [-0.2, 0) is 6.42 Å². The molecule has 0 saturated heterocycles. The highest BCUT2D eigenvalue weighted by atomic mass is 16.6. The number of nitrogens with zero attached hydrogens (tertiary/aromatic N) is 1. The van der Waals surface area contributed by atoms with Gasteiger partial charge in [-0.05, 0) is 23.8 Å². The lowest BCUT2D eigenvalue weighted by Gasteiger charge is -2.29. The smallest absolute Gasteiger partial charge is 0.161 e. The van der Waals surface area contributed by atoms with Gasteiger partial charge in [0.25, 0.3) is 0 Å². The first-order valence-corrected chi connectivity index (χ1v) is 6.50. The van der Waals surface area contributed by atoms with E-state index in [-0.39, 0.29) is 0 Å². The third-order valence-electron chi connectivity index (χ3n) is 3.31. The molecule has 3 N–H and O–H groups in total. The summed E-state index contributed by atoms with van der Waals surface area (Å²) in [5.41, 5.74) is 6.59. The number of fused-ring (bicyclic) bond motifs is 1. The van der Waals surface area contributed by atoms with Crippen LogP contribution in [0, 0.1) is 0 Å². The Kier molecular flexibility index (Phi) is 3.43. The Morgan fingerprint density at radius 2 is 2.05 bits per heavy atom. The van der Waals surface area contributed by atoms with E-state index in [1.54, 1.807) is 12.3 Å². The van der Waals surface area contributed by atoms with Gasteiger partial charge in [0.1, 0.15) is 12.4 Å². The topological polar surface area (TPSA) is 77.6 Å². The number of aliphatic hydroxyl groups excluding tert-OH is 1. The number of anilines is 1. The molecule has 1 aliphatic heterocycles. The zero-order valence-electron chi connectivity index (χ0n) is 10.9. The minimum absolute atomic E-state index is 0.318. The second-order valence-electron chi connectivity index (χ2n) is 4.73. The van der Waals surface area contributed by atoms with E-state index in [4.69, 9.17) is 15.2 Å². The summed E-state index contributed by atoms with van der Waals surface area (Å²) in [7, 11) is 0. The van der Waals surface area contributed by atoms with E-state index in [9.17, 15) is 5.11 Å². The van der Waals surface area contributed by atoms with Crippen molar-refractivity contribution in [1.82, 2.24) is 4.98 Å². The quantitative estimate of drug-likeness (QED) is 0.883. The van der Waals surface area contributed by atoms with Gasteiger partial charge >= 0.3 is 0 Å². The Morgan fingerprint density at radius 3 is 2.85 bits per heavy atom. The van der Waals surface area contributed by atoms with Crippen molar-refractivity contribution in [2.45, 2.75) is 18.6 Å². The van der Waals surface area contributed by atoms with Crippen molar-refractivity contribution in [2.75, 3.05) is 12.3 Å². The summed E-state index contributed by atoms with van der Waals surface area (Å²) in [6.45, 7) is 0.318. The van der Waals surface area contributed by atoms with Crippen LogP contribution in [0.3, 0.4) is 0 Å². The number of pyridine rings is 1. The highest BCUT2D eigenvalue weighted by molar-refractivity contribution is 5.41. The number of aromatic nitrogens is 1. The molecule has 2 aromatic rings. The molecule has 104 valence electrons. The van der Waals surface area contributed by atoms with Crippen LogP contribution < -0.4 is 15.2 Å². The van der Waals surface area contributed by atoms with Gasteiger partial charge in [0.2, 0.25) is 0 Å². The number of hydrogen-bond donors (Lipinski definition) is 2. The van der Waals surface area contributed by atoms with Crippen LogP contribution in [0.25, 0.3) is 0 Å². The highest BCUT2D eigenvalue weighted by Crippen LogP contribution is 2.32. The van der Waals surface area contributed by atoms with Gasteiger partial charge in [-0.3, -0.25) is 0 Å². The van der Waals surface area contributed by atoms with Crippen molar-refractivity contribution >= 4 is 5.82 Å². The van der Waals surface area contributed by atoms with Gasteiger partial charge < -0.3 is 20.3 Å². The minimum Gasteiger partial charge on any atom is -0.486 e. The molecule has 0 bridgehead atoms. The number of benzene rings is 1. The molecule has 2 unspecified atom stereocenters. The average molecular weight is 272 g/mol. The molecule has 0 fully saturated rings. The summed E-state index contributed by atoms with van der Waals surface area (Å²) < 4.78 is 11.4. The third-order valence-corrected chi connectivity index (χ3v) is 3.31. The molecule has 2 heterocycles. The van der Waals surface area contributed by atoms with Crippen LogP contribution in [-0.4, -0.2) is 28.9 Å². The molecule has 0 radical (unpaired) electrons. The molecular formula is C15H16N2O3. The van der Waals surface area contributed by atoms with Gasteiger partial charge in [-0.1, -0.05) is 18.2 Å².